The SMILES string of the molecule is CCOC(=O)C(=Cc1ccccc1)C(=O)C(C)C#N. The van der Waals surface area contributed by atoms with Gasteiger partial charge in [-0.2, -0.15) is 5.26 Å². The van der Waals surface area contributed by atoms with Gasteiger partial charge in [-0.3, -0.25) is 4.79 Å². The summed E-state index contributed by atoms with van der Waals surface area (Å²) in [5, 5.41) is 8.78. The Balaban J connectivity index is 3.13. The van der Waals surface area contributed by atoms with Crippen LogP contribution in [0, 0.1) is 17.2 Å². The molecule has 0 amide bonds. The molecule has 1 unspecified atom stereocenters. The fourth-order valence-corrected chi connectivity index (χ4v) is 1.45. The molecule has 0 spiro atoms. The van der Waals surface area contributed by atoms with Crippen LogP contribution in [0.4, 0.5) is 0 Å². The van der Waals surface area contributed by atoms with E-state index in [0.717, 1.165) is 0 Å². The van der Waals surface area contributed by atoms with Crippen LogP contribution in [0.5, 0.6) is 0 Å². The minimum atomic E-state index is -0.876. The van der Waals surface area contributed by atoms with Crippen molar-refractivity contribution in [3.05, 3.63) is 41.5 Å². The zero-order valence-electron chi connectivity index (χ0n) is 10.9. The molecule has 0 aliphatic rings. The molecule has 0 aliphatic carbocycles. The van der Waals surface area contributed by atoms with Crippen LogP contribution in [0.15, 0.2) is 35.9 Å². The molecule has 0 aliphatic heterocycles. The summed E-state index contributed by atoms with van der Waals surface area (Å²) in [5.74, 6) is -2.09. The molecule has 0 bridgehead atoms. The molecule has 1 rings (SSSR count). The molecule has 4 heteroatoms. The van der Waals surface area contributed by atoms with Crippen LogP contribution in [-0.4, -0.2) is 18.4 Å². The van der Waals surface area contributed by atoms with E-state index in [9.17, 15) is 9.59 Å². The number of esters is 1. The maximum atomic E-state index is 12.0. The lowest BCUT2D eigenvalue weighted by Crippen LogP contribution is -2.20. The predicted octanol–water partition coefficient (Wildman–Crippen LogP) is 2.36. The summed E-state index contributed by atoms with van der Waals surface area (Å²) < 4.78 is 4.85. The van der Waals surface area contributed by atoms with Gasteiger partial charge in [0.1, 0.15) is 11.5 Å². The second kappa shape index (κ2) is 7.12. The van der Waals surface area contributed by atoms with E-state index >= 15 is 0 Å². The zero-order chi connectivity index (χ0) is 14.3. The van der Waals surface area contributed by atoms with Crippen LogP contribution in [0.1, 0.15) is 19.4 Å². The quantitative estimate of drug-likeness (QED) is 0.351. The van der Waals surface area contributed by atoms with Crippen molar-refractivity contribution in [3.8, 4) is 6.07 Å². The van der Waals surface area contributed by atoms with Gasteiger partial charge < -0.3 is 4.74 Å². The summed E-state index contributed by atoms with van der Waals surface area (Å²) in [4.78, 5) is 23.8. The summed E-state index contributed by atoms with van der Waals surface area (Å²) in [5.41, 5.74) is 0.617. The lowest BCUT2D eigenvalue weighted by Gasteiger charge is -2.07. The topological polar surface area (TPSA) is 67.2 Å². The number of Topliss-reactive ketones (excluding diaryl/α,β-unsaturated/α-hetero) is 1. The first-order valence-corrected chi connectivity index (χ1v) is 5.97. The van der Waals surface area contributed by atoms with Gasteiger partial charge in [0.25, 0.3) is 0 Å². The van der Waals surface area contributed by atoms with Gasteiger partial charge in [-0.15, -0.1) is 0 Å². The maximum Gasteiger partial charge on any atom is 0.341 e. The van der Waals surface area contributed by atoms with Crippen LogP contribution < -0.4 is 0 Å². The number of hydrogen-bond acceptors (Lipinski definition) is 4. The van der Waals surface area contributed by atoms with Crippen molar-refractivity contribution in [2.45, 2.75) is 13.8 Å². The molecule has 0 heterocycles. The molecule has 0 saturated carbocycles. The number of ketones is 1. The second-order valence-corrected chi connectivity index (χ2v) is 3.90. The number of ether oxygens (including phenoxy) is 1. The summed E-state index contributed by atoms with van der Waals surface area (Å²) in [6.45, 7) is 3.30. The van der Waals surface area contributed by atoms with E-state index in [1.807, 2.05) is 12.1 Å². The van der Waals surface area contributed by atoms with E-state index in [4.69, 9.17) is 10.00 Å². The molecular formula is C15H15NO3. The minimum absolute atomic E-state index is 0.0953. The van der Waals surface area contributed by atoms with Crippen LogP contribution in [-0.2, 0) is 14.3 Å². The summed E-state index contributed by atoms with van der Waals surface area (Å²) in [6, 6.07) is 10.8. The number of nitriles is 1. The molecule has 0 saturated heterocycles. The summed E-state index contributed by atoms with van der Waals surface area (Å²) in [6.07, 6.45) is 1.45. The third-order valence-electron chi connectivity index (χ3n) is 2.46. The third kappa shape index (κ3) is 4.07. The average molecular weight is 257 g/mol. The number of carbonyl (C=O) groups excluding carboxylic acids is 2. The normalized spacial score (nSPS) is 12.4. The van der Waals surface area contributed by atoms with Crippen LogP contribution in [0.2, 0.25) is 0 Å². The number of hydrogen-bond donors (Lipinski definition) is 0. The number of benzene rings is 1. The van der Waals surface area contributed by atoms with Gasteiger partial charge in [-0.1, -0.05) is 30.3 Å². The molecule has 0 fully saturated rings. The Morgan fingerprint density at radius 1 is 1.37 bits per heavy atom. The Kier molecular flexibility index (Phi) is 5.49. The van der Waals surface area contributed by atoms with Crippen molar-refractivity contribution in [2.24, 2.45) is 5.92 Å². The maximum absolute atomic E-state index is 12.0. The van der Waals surface area contributed by atoms with Crippen molar-refractivity contribution >= 4 is 17.8 Å². The molecule has 0 N–H and O–H groups in total. The Hall–Kier alpha value is -2.41. The Labute approximate surface area is 112 Å². The van der Waals surface area contributed by atoms with Gasteiger partial charge in [0.05, 0.1) is 12.7 Å². The lowest BCUT2D eigenvalue weighted by atomic mass is 9.98. The van der Waals surface area contributed by atoms with E-state index in [2.05, 4.69) is 0 Å². The van der Waals surface area contributed by atoms with Crippen LogP contribution >= 0.6 is 0 Å². The predicted molar refractivity (Wildman–Crippen MR) is 70.8 cm³/mol. The second-order valence-electron chi connectivity index (χ2n) is 3.90. The van der Waals surface area contributed by atoms with Crippen molar-refractivity contribution in [3.63, 3.8) is 0 Å². The fraction of sp³-hybridized carbons (Fsp3) is 0.267. The highest BCUT2D eigenvalue weighted by atomic mass is 16.5. The average Bonchev–Trinajstić information content (AvgIpc) is 2.44. The van der Waals surface area contributed by atoms with Crippen LogP contribution in [0.25, 0.3) is 6.08 Å². The highest BCUT2D eigenvalue weighted by molar-refractivity contribution is 6.21. The molecule has 1 aromatic rings. The minimum Gasteiger partial charge on any atom is -0.462 e. The van der Waals surface area contributed by atoms with E-state index < -0.39 is 17.7 Å². The number of carbonyl (C=O) groups is 2. The van der Waals surface area contributed by atoms with Gasteiger partial charge in [-0.05, 0) is 25.5 Å². The summed E-state index contributed by atoms with van der Waals surface area (Å²) in [7, 11) is 0. The third-order valence-corrected chi connectivity index (χ3v) is 2.46. The Morgan fingerprint density at radius 3 is 2.53 bits per heavy atom. The van der Waals surface area contributed by atoms with E-state index in [1.165, 1.54) is 13.0 Å². The monoisotopic (exact) mass is 257 g/mol. The van der Waals surface area contributed by atoms with E-state index in [0.29, 0.717) is 5.56 Å². The first kappa shape index (κ1) is 14.7. The first-order chi connectivity index (χ1) is 9.10. The van der Waals surface area contributed by atoms with Gasteiger partial charge in [-0.25, -0.2) is 4.79 Å². The van der Waals surface area contributed by atoms with Crippen molar-refractivity contribution < 1.29 is 14.3 Å². The van der Waals surface area contributed by atoms with Gasteiger partial charge in [0, 0.05) is 0 Å². The van der Waals surface area contributed by atoms with Gasteiger partial charge in [0.15, 0.2) is 5.78 Å². The fourth-order valence-electron chi connectivity index (χ4n) is 1.45. The number of rotatable bonds is 5. The first-order valence-electron chi connectivity index (χ1n) is 5.97. The Morgan fingerprint density at radius 2 is 2.00 bits per heavy atom. The smallest absolute Gasteiger partial charge is 0.341 e. The number of nitrogens with zero attached hydrogens (tertiary/aromatic N) is 1. The van der Waals surface area contributed by atoms with E-state index in [-0.39, 0.29) is 12.2 Å². The molecule has 0 aromatic heterocycles. The van der Waals surface area contributed by atoms with Crippen LogP contribution in [0.3, 0.4) is 0 Å². The molecule has 1 aromatic carbocycles. The highest BCUT2D eigenvalue weighted by Gasteiger charge is 2.24. The molecule has 4 nitrogen and oxygen atoms in total. The highest BCUT2D eigenvalue weighted by Crippen LogP contribution is 2.13. The van der Waals surface area contributed by atoms with Gasteiger partial charge in [0.2, 0.25) is 0 Å². The molecule has 98 valence electrons. The van der Waals surface area contributed by atoms with Crippen molar-refractivity contribution in [2.75, 3.05) is 6.61 Å². The summed E-state index contributed by atoms with van der Waals surface area (Å²) >= 11 is 0. The van der Waals surface area contributed by atoms with Crippen molar-refractivity contribution in [1.82, 2.24) is 0 Å². The molecular weight excluding hydrogens is 242 g/mol. The molecule has 0 radical (unpaired) electrons. The van der Waals surface area contributed by atoms with Crippen molar-refractivity contribution in [1.29, 1.82) is 5.26 Å². The van der Waals surface area contributed by atoms with Gasteiger partial charge >= 0.3 is 5.97 Å². The molecule has 1 atom stereocenters. The van der Waals surface area contributed by atoms with E-state index in [1.54, 1.807) is 31.2 Å². The lowest BCUT2D eigenvalue weighted by molar-refractivity contribution is -0.140. The molecule has 19 heavy (non-hydrogen) atoms. The zero-order valence-corrected chi connectivity index (χ0v) is 10.9. The largest absolute Gasteiger partial charge is 0.462 e. The standard InChI is InChI=1S/C15H15NO3/c1-3-19-15(18)13(14(17)11(2)10-16)9-12-7-5-4-6-8-12/h4-9,11H,3H2,1-2H3. The Bertz CT molecular complexity index is 526.